The topological polar surface area (TPSA) is 70.2 Å². The maximum absolute atomic E-state index is 11.6. The Bertz CT molecular complexity index is 420. The highest BCUT2D eigenvalue weighted by Crippen LogP contribution is 2.14. The van der Waals surface area contributed by atoms with Crippen molar-refractivity contribution < 1.29 is 9.59 Å². The Morgan fingerprint density at radius 1 is 1.28 bits per heavy atom. The molecular weight excluding hydrogens is 254 g/mol. The third-order valence-corrected chi connectivity index (χ3v) is 2.45. The molecule has 0 aliphatic carbocycles. The van der Waals surface area contributed by atoms with E-state index in [0.717, 1.165) is 5.69 Å². The molecule has 0 aromatic heterocycles. The zero-order valence-electron chi connectivity index (χ0n) is 10.3. The van der Waals surface area contributed by atoms with Crippen LogP contribution in [0.1, 0.15) is 13.8 Å². The van der Waals surface area contributed by atoms with E-state index < -0.39 is 18.0 Å². The Hall–Kier alpha value is -1.75. The smallest absolute Gasteiger partial charge is 0.321 e. The lowest BCUT2D eigenvalue weighted by Crippen LogP contribution is -2.45. The first-order valence-electron chi connectivity index (χ1n) is 5.63. The summed E-state index contributed by atoms with van der Waals surface area (Å²) in [6.45, 7) is 3.92. The Morgan fingerprint density at radius 2 is 1.89 bits per heavy atom. The van der Waals surface area contributed by atoms with Crippen molar-refractivity contribution in [2.24, 2.45) is 0 Å². The molecule has 18 heavy (non-hydrogen) atoms. The maximum atomic E-state index is 11.6. The van der Waals surface area contributed by atoms with Crippen LogP contribution in [-0.2, 0) is 4.79 Å². The van der Waals surface area contributed by atoms with E-state index in [9.17, 15) is 9.59 Å². The van der Waals surface area contributed by atoms with E-state index >= 15 is 0 Å². The van der Waals surface area contributed by atoms with Crippen molar-refractivity contribution in [3.8, 4) is 0 Å². The second-order valence-corrected chi connectivity index (χ2v) is 4.16. The quantitative estimate of drug-likeness (QED) is 0.783. The summed E-state index contributed by atoms with van der Waals surface area (Å²) in [5, 5.41) is 8.31. The molecule has 0 aliphatic rings. The molecule has 0 radical (unpaired) electrons. The molecule has 6 heteroatoms. The molecule has 0 bridgehead atoms. The normalized spacial score (nSPS) is 11.5. The zero-order valence-corrected chi connectivity index (χ0v) is 11.0. The minimum absolute atomic E-state index is 0.393. The monoisotopic (exact) mass is 269 g/mol. The van der Waals surface area contributed by atoms with E-state index in [1.165, 1.54) is 0 Å². The fraction of sp³-hybridized carbons (Fsp3) is 0.333. The largest absolute Gasteiger partial charge is 0.374 e. The van der Waals surface area contributed by atoms with E-state index in [0.29, 0.717) is 11.6 Å². The average Bonchev–Trinajstić information content (AvgIpc) is 2.32. The number of nitrogens with one attached hydrogen (secondary N) is 3. The second kappa shape index (κ2) is 6.86. The number of imide groups is 1. The minimum Gasteiger partial charge on any atom is -0.374 e. The SMILES string of the molecule is CCNC(=O)NC(=O)C(C)Nc1ccc(Cl)cc1. The van der Waals surface area contributed by atoms with Crippen LogP contribution >= 0.6 is 11.6 Å². The fourth-order valence-corrected chi connectivity index (χ4v) is 1.41. The summed E-state index contributed by atoms with van der Waals surface area (Å²) in [7, 11) is 0. The number of hydrogen-bond acceptors (Lipinski definition) is 3. The van der Waals surface area contributed by atoms with Crippen LogP contribution in [-0.4, -0.2) is 24.5 Å². The van der Waals surface area contributed by atoms with Crippen molar-refractivity contribution in [1.82, 2.24) is 10.6 Å². The number of carbonyl (C=O) groups is 2. The van der Waals surface area contributed by atoms with Gasteiger partial charge in [0.2, 0.25) is 5.91 Å². The molecule has 0 saturated heterocycles. The summed E-state index contributed by atoms with van der Waals surface area (Å²) in [5.74, 6) is -0.393. The predicted molar refractivity (Wildman–Crippen MR) is 71.8 cm³/mol. The van der Waals surface area contributed by atoms with Crippen LogP contribution < -0.4 is 16.0 Å². The van der Waals surface area contributed by atoms with Gasteiger partial charge in [0.1, 0.15) is 6.04 Å². The number of urea groups is 1. The minimum atomic E-state index is -0.520. The fourth-order valence-electron chi connectivity index (χ4n) is 1.29. The third kappa shape index (κ3) is 4.63. The van der Waals surface area contributed by atoms with Gasteiger partial charge in [-0.3, -0.25) is 10.1 Å². The first-order chi connectivity index (χ1) is 8.52. The number of benzene rings is 1. The summed E-state index contributed by atoms with van der Waals surface area (Å²) < 4.78 is 0. The highest BCUT2D eigenvalue weighted by molar-refractivity contribution is 6.30. The Labute approximate surface area is 111 Å². The van der Waals surface area contributed by atoms with Crippen LogP contribution in [0, 0.1) is 0 Å². The molecule has 3 amide bonds. The van der Waals surface area contributed by atoms with Gasteiger partial charge in [0.25, 0.3) is 0 Å². The van der Waals surface area contributed by atoms with Crippen molar-refractivity contribution in [1.29, 1.82) is 0 Å². The predicted octanol–water partition coefficient (Wildman–Crippen LogP) is 1.99. The Morgan fingerprint density at radius 3 is 2.44 bits per heavy atom. The van der Waals surface area contributed by atoms with Crippen molar-refractivity contribution >= 4 is 29.2 Å². The summed E-state index contributed by atoms with van der Waals surface area (Å²) >= 11 is 5.75. The zero-order chi connectivity index (χ0) is 13.5. The number of hydrogen-bond donors (Lipinski definition) is 3. The van der Waals surface area contributed by atoms with Gasteiger partial charge in [-0.05, 0) is 38.1 Å². The van der Waals surface area contributed by atoms with Gasteiger partial charge < -0.3 is 10.6 Å². The molecule has 1 atom stereocenters. The molecule has 1 rings (SSSR count). The highest BCUT2D eigenvalue weighted by Gasteiger charge is 2.14. The van der Waals surface area contributed by atoms with Crippen LogP contribution in [0.4, 0.5) is 10.5 Å². The summed E-state index contributed by atoms with van der Waals surface area (Å²) in [5.41, 5.74) is 0.762. The van der Waals surface area contributed by atoms with Gasteiger partial charge in [-0.25, -0.2) is 4.79 Å². The molecule has 0 spiro atoms. The Kier molecular flexibility index (Phi) is 5.45. The van der Waals surface area contributed by atoms with Gasteiger partial charge in [-0.2, -0.15) is 0 Å². The molecule has 1 aromatic rings. The number of anilines is 1. The number of amides is 3. The van der Waals surface area contributed by atoms with E-state index in [-0.39, 0.29) is 0 Å². The van der Waals surface area contributed by atoms with Gasteiger partial charge in [0.05, 0.1) is 0 Å². The van der Waals surface area contributed by atoms with Crippen molar-refractivity contribution in [3.05, 3.63) is 29.3 Å². The summed E-state index contributed by atoms with van der Waals surface area (Å²) in [4.78, 5) is 22.8. The van der Waals surface area contributed by atoms with E-state index in [4.69, 9.17) is 11.6 Å². The van der Waals surface area contributed by atoms with E-state index in [1.807, 2.05) is 0 Å². The number of carbonyl (C=O) groups excluding carboxylic acids is 2. The van der Waals surface area contributed by atoms with Crippen LogP contribution in [0.15, 0.2) is 24.3 Å². The van der Waals surface area contributed by atoms with E-state index in [1.54, 1.807) is 38.1 Å². The number of halogens is 1. The molecular formula is C12H16ClN3O2. The molecule has 98 valence electrons. The van der Waals surface area contributed by atoms with Gasteiger partial charge >= 0.3 is 6.03 Å². The van der Waals surface area contributed by atoms with Gasteiger partial charge in [-0.1, -0.05) is 11.6 Å². The van der Waals surface area contributed by atoms with Crippen LogP contribution in [0.25, 0.3) is 0 Å². The van der Waals surface area contributed by atoms with Crippen molar-refractivity contribution in [3.63, 3.8) is 0 Å². The molecule has 5 nitrogen and oxygen atoms in total. The average molecular weight is 270 g/mol. The molecule has 0 aliphatic heterocycles. The van der Waals surface area contributed by atoms with Gasteiger partial charge in [0.15, 0.2) is 0 Å². The standard InChI is InChI=1S/C12H16ClN3O2/c1-3-14-12(18)16-11(17)8(2)15-10-6-4-9(13)5-7-10/h4-8,15H,3H2,1-2H3,(H2,14,16,17,18). The maximum Gasteiger partial charge on any atom is 0.321 e. The Balaban J connectivity index is 2.49. The third-order valence-electron chi connectivity index (χ3n) is 2.19. The molecule has 1 aromatic carbocycles. The van der Waals surface area contributed by atoms with Gasteiger partial charge in [0, 0.05) is 17.3 Å². The lowest BCUT2D eigenvalue weighted by atomic mass is 10.2. The lowest BCUT2D eigenvalue weighted by Gasteiger charge is -2.14. The second-order valence-electron chi connectivity index (χ2n) is 3.72. The molecule has 0 saturated carbocycles. The highest BCUT2D eigenvalue weighted by atomic mass is 35.5. The summed E-state index contributed by atoms with van der Waals surface area (Å²) in [6, 6.07) is 5.95. The van der Waals surface area contributed by atoms with Crippen molar-refractivity contribution in [2.75, 3.05) is 11.9 Å². The first kappa shape index (κ1) is 14.3. The van der Waals surface area contributed by atoms with Crippen molar-refractivity contribution in [2.45, 2.75) is 19.9 Å². The van der Waals surface area contributed by atoms with Crippen LogP contribution in [0.3, 0.4) is 0 Å². The van der Waals surface area contributed by atoms with E-state index in [2.05, 4.69) is 16.0 Å². The molecule has 0 fully saturated rings. The first-order valence-corrected chi connectivity index (χ1v) is 6.01. The van der Waals surface area contributed by atoms with Crippen LogP contribution in [0.5, 0.6) is 0 Å². The number of rotatable bonds is 4. The lowest BCUT2D eigenvalue weighted by molar-refractivity contribution is -0.120. The van der Waals surface area contributed by atoms with Crippen LogP contribution in [0.2, 0.25) is 5.02 Å². The molecule has 0 heterocycles. The molecule has 1 unspecified atom stereocenters. The molecule has 3 N–H and O–H groups in total. The summed E-state index contributed by atoms with van der Waals surface area (Å²) in [6.07, 6.45) is 0. The van der Waals surface area contributed by atoms with Gasteiger partial charge in [-0.15, -0.1) is 0 Å².